The highest BCUT2D eigenvalue weighted by atomic mass is 32.2. The van der Waals surface area contributed by atoms with Gasteiger partial charge in [0, 0.05) is 0 Å². The van der Waals surface area contributed by atoms with Crippen LogP contribution in [0.3, 0.4) is 0 Å². The minimum absolute atomic E-state index is 0.0229. The van der Waals surface area contributed by atoms with E-state index < -0.39 is 0 Å². The quantitative estimate of drug-likeness (QED) is 0.179. The van der Waals surface area contributed by atoms with Crippen molar-refractivity contribution in [1.82, 2.24) is 0 Å². The molecule has 0 amide bonds. The lowest BCUT2D eigenvalue weighted by molar-refractivity contribution is 0.626. The summed E-state index contributed by atoms with van der Waals surface area (Å²) in [5.41, 5.74) is 1.30. The monoisotopic (exact) mass is 557 g/mol. The number of aryl methyl sites for hydroxylation is 1. The van der Waals surface area contributed by atoms with Gasteiger partial charge in [-0.1, -0.05) is 90.5 Å². The molecule has 0 aliphatic carbocycles. The summed E-state index contributed by atoms with van der Waals surface area (Å²) < 4.78 is 13.2. The van der Waals surface area contributed by atoms with Crippen LogP contribution in [0.4, 0.5) is 4.39 Å². The summed E-state index contributed by atoms with van der Waals surface area (Å²) in [7, 11) is -0.212. The van der Waals surface area contributed by atoms with Gasteiger partial charge in [-0.15, -0.1) is 0 Å². The lowest BCUT2D eigenvalue weighted by atomic mass is 10.2. The van der Waals surface area contributed by atoms with Gasteiger partial charge in [-0.3, -0.25) is 0 Å². The maximum absolute atomic E-state index is 13.2. The first kappa shape index (κ1) is 27.5. The fourth-order valence-corrected chi connectivity index (χ4v) is 8.45. The van der Waals surface area contributed by atoms with Crippen LogP contribution in [0, 0.1) is 12.7 Å². The van der Waals surface area contributed by atoms with Gasteiger partial charge in [0.2, 0.25) is 0 Å². The number of halogens is 1. The summed E-state index contributed by atoms with van der Waals surface area (Å²) in [6.07, 6.45) is 0. The van der Waals surface area contributed by atoms with Crippen molar-refractivity contribution in [2.24, 2.45) is 0 Å². The maximum Gasteiger partial charge on any atom is 0.166 e. The average Bonchev–Trinajstić information content (AvgIpc) is 3.02. The molecule has 0 radical (unpaired) electrons. The van der Waals surface area contributed by atoms with Gasteiger partial charge in [0.05, 0.1) is 21.8 Å². The molecule has 0 N–H and O–H groups in total. The fourth-order valence-electron chi connectivity index (χ4n) is 4.29. The van der Waals surface area contributed by atoms with E-state index >= 15 is 0 Å². The third-order valence-corrected chi connectivity index (χ3v) is 10.7. The third-order valence-electron chi connectivity index (χ3n) is 6.22. The molecule has 0 saturated carbocycles. The summed E-state index contributed by atoms with van der Waals surface area (Å²) in [5, 5.41) is 0. The Labute approximate surface area is 242 Å². The van der Waals surface area contributed by atoms with Crippen LogP contribution in [-0.4, -0.2) is 0 Å². The van der Waals surface area contributed by atoms with Crippen LogP contribution in [-0.2, 0) is 21.8 Å². The minimum atomic E-state index is -0.196. The Morgan fingerprint density at radius 2 is 0.575 bits per heavy atom. The molecular weight excluding hydrogens is 527 g/mol. The van der Waals surface area contributed by atoms with E-state index in [1.165, 1.54) is 42.2 Å². The van der Waals surface area contributed by atoms with Gasteiger partial charge in [0.25, 0.3) is 0 Å². The summed E-state index contributed by atoms with van der Waals surface area (Å²) in [4.78, 5) is 7.71. The second kappa shape index (κ2) is 13.8. The second-order valence-electron chi connectivity index (χ2n) is 9.13. The first-order chi connectivity index (χ1) is 19.7. The van der Waals surface area contributed by atoms with E-state index in [0.29, 0.717) is 0 Å². The predicted molar refractivity (Wildman–Crippen MR) is 168 cm³/mol. The van der Waals surface area contributed by atoms with Gasteiger partial charge in [-0.2, -0.15) is 0 Å². The number of rotatable bonds is 6. The largest absolute Gasteiger partial charge is 0.207 e. The zero-order chi connectivity index (χ0) is 27.6. The highest BCUT2D eigenvalue weighted by molar-refractivity contribution is 7.97. The van der Waals surface area contributed by atoms with Gasteiger partial charge in [0.15, 0.2) is 29.4 Å². The van der Waals surface area contributed by atoms with Crippen LogP contribution in [0.1, 0.15) is 5.56 Å². The van der Waals surface area contributed by atoms with E-state index in [0.717, 1.165) is 4.90 Å². The first-order valence-corrected chi connectivity index (χ1v) is 15.6. The van der Waals surface area contributed by atoms with Crippen molar-refractivity contribution in [2.45, 2.75) is 36.3 Å². The zero-order valence-electron chi connectivity index (χ0n) is 22.4. The molecule has 0 saturated heterocycles. The third kappa shape index (κ3) is 7.12. The van der Waals surface area contributed by atoms with Gasteiger partial charge >= 0.3 is 0 Å². The van der Waals surface area contributed by atoms with Gasteiger partial charge in [-0.25, -0.2) is 4.39 Å². The molecule has 0 aromatic heterocycles. The first-order valence-electron chi connectivity index (χ1n) is 13.2. The number of hydrogen-bond donors (Lipinski definition) is 0. The molecule has 0 aliphatic heterocycles. The Morgan fingerprint density at radius 3 is 0.875 bits per heavy atom. The molecule has 6 rings (SSSR count). The summed E-state index contributed by atoms with van der Waals surface area (Å²) in [6, 6.07) is 57.9. The Morgan fingerprint density at radius 1 is 0.325 bits per heavy atom. The Bertz CT molecular complexity index is 1370. The Hall–Kier alpha value is -4.05. The number of hydrogen-bond acceptors (Lipinski definition) is 0. The summed E-state index contributed by atoms with van der Waals surface area (Å²) >= 11 is 0. The second-order valence-corrected chi connectivity index (χ2v) is 13.2. The topological polar surface area (TPSA) is 0 Å². The van der Waals surface area contributed by atoms with Gasteiger partial charge in [0.1, 0.15) is 5.82 Å². The van der Waals surface area contributed by atoms with Crippen molar-refractivity contribution >= 4 is 21.8 Å². The Kier molecular flexibility index (Phi) is 9.52. The molecular formula is C37H31FS2+2. The maximum atomic E-state index is 13.2. The highest BCUT2D eigenvalue weighted by Gasteiger charge is 2.29. The number of benzene rings is 6. The van der Waals surface area contributed by atoms with E-state index in [1.54, 1.807) is 0 Å². The minimum Gasteiger partial charge on any atom is -0.207 e. The summed E-state index contributed by atoms with van der Waals surface area (Å²) in [6.45, 7) is 2.13. The normalized spacial score (nSPS) is 10.7. The molecule has 40 heavy (non-hydrogen) atoms. The van der Waals surface area contributed by atoms with E-state index in [4.69, 9.17) is 0 Å². The van der Waals surface area contributed by atoms with Gasteiger partial charge < -0.3 is 0 Å². The standard InChI is InChI=1S/C19H17S.C18H14FS/c1-16-12-14-19(15-13-16)20(17-8-4-2-5-9-17)18-10-6-3-7-11-18;19-15-11-13-18(14-12-15)20(16-7-3-1-4-8-16)17-9-5-2-6-10-17/h2-15H,1H3;1-14H/q2*+1/i;19-1. The summed E-state index contributed by atoms with van der Waals surface area (Å²) in [5.74, 6) is -0.196. The van der Waals surface area contributed by atoms with Gasteiger partial charge in [-0.05, 0) is 91.9 Å². The molecule has 0 nitrogen and oxygen atoms in total. The molecule has 0 unspecified atom stereocenters. The Balaban J connectivity index is 0.000000161. The van der Waals surface area contributed by atoms with Crippen molar-refractivity contribution < 1.29 is 4.39 Å². The van der Waals surface area contributed by atoms with Crippen molar-refractivity contribution in [3.05, 3.63) is 181 Å². The lowest BCUT2D eigenvalue weighted by Crippen LogP contribution is -2.04. The van der Waals surface area contributed by atoms with Crippen LogP contribution in [0.5, 0.6) is 0 Å². The van der Waals surface area contributed by atoms with Crippen LogP contribution in [0.2, 0.25) is 0 Å². The molecule has 0 spiro atoms. The van der Waals surface area contributed by atoms with Crippen LogP contribution < -0.4 is 0 Å². The molecule has 0 bridgehead atoms. The zero-order valence-corrected chi connectivity index (χ0v) is 24.0. The highest BCUT2D eigenvalue weighted by Crippen LogP contribution is 2.32. The lowest BCUT2D eigenvalue weighted by Gasteiger charge is -2.07. The van der Waals surface area contributed by atoms with Crippen molar-refractivity contribution in [3.8, 4) is 0 Å². The van der Waals surface area contributed by atoms with E-state index in [-0.39, 0.29) is 27.6 Å². The molecule has 6 aromatic carbocycles. The van der Waals surface area contributed by atoms with E-state index in [9.17, 15) is 4.39 Å². The van der Waals surface area contributed by atoms with E-state index in [1.807, 2.05) is 48.5 Å². The smallest absolute Gasteiger partial charge is 0.166 e. The van der Waals surface area contributed by atoms with E-state index in [2.05, 4.69) is 116 Å². The molecule has 0 fully saturated rings. The molecule has 0 heterocycles. The predicted octanol–water partition coefficient (Wildman–Crippen LogP) is 10.0. The van der Waals surface area contributed by atoms with Crippen LogP contribution in [0.25, 0.3) is 0 Å². The molecule has 0 atom stereocenters. The molecule has 0 aliphatic rings. The fraction of sp³-hybridized carbons (Fsp3) is 0.0270. The van der Waals surface area contributed by atoms with Crippen molar-refractivity contribution in [2.75, 3.05) is 0 Å². The van der Waals surface area contributed by atoms with Crippen LogP contribution >= 0.6 is 0 Å². The van der Waals surface area contributed by atoms with Crippen molar-refractivity contribution in [1.29, 1.82) is 0 Å². The molecule has 6 aromatic rings. The average molecular weight is 558 g/mol. The SMILES string of the molecule is Cc1ccc([S+](c2ccccc2)c2ccccc2)cc1.[18F]c1ccc([S+](c2ccccc2)c2ccccc2)cc1. The molecule has 196 valence electrons. The molecule has 3 heteroatoms. The van der Waals surface area contributed by atoms with Crippen molar-refractivity contribution in [3.63, 3.8) is 0 Å². The van der Waals surface area contributed by atoms with Crippen LogP contribution in [0.15, 0.2) is 199 Å².